The van der Waals surface area contributed by atoms with E-state index in [1.165, 1.54) is 4.88 Å². The number of amides is 1. The molecule has 0 aliphatic carbocycles. The molecule has 112 valence electrons. The lowest BCUT2D eigenvalue weighted by Gasteiger charge is -2.10. The third kappa shape index (κ3) is 2.42. The number of para-hydroxylation sites is 1. The van der Waals surface area contributed by atoms with Crippen LogP contribution in [0.1, 0.15) is 26.6 Å². The number of benzene rings is 1. The van der Waals surface area contributed by atoms with E-state index < -0.39 is 5.91 Å². The molecule has 3 rings (SSSR count). The molecule has 3 aromatic rings. The van der Waals surface area contributed by atoms with E-state index in [0.29, 0.717) is 23.0 Å². The summed E-state index contributed by atoms with van der Waals surface area (Å²) in [4.78, 5) is 22.4. The first kappa shape index (κ1) is 14.5. The zero-order chi connectivity index (χ0) is 15.9. The standard InChI is InChI=1S/C16H15N3O2S/c1-8-9(2)22-16-13(8)15(18-10(3)19-16)21-12-7-5-4-6-11(12)14(17)20/h4-7H,1-3H3,(H2,17,20). The van der Waals surface area contributed by atoms with E-state index in [1.807, 2.05) is 20.8 Å². The Bertz CT molecular complexity index is 886. The minimum absolute atomic E-state index is 0.330. The number of thiophene rings is 1. The molecule has 6 heteroatoms. The van der Waals surface area contributed by atoms with Crippen LogP contribution >= 0.6 is 11.3 Å². The van der Waals surface area contributed by atoms with Crippen LogP contribution in [0.5, 0.6) is 11.6 Å². The first-order valence-electron chi connectivity index (χ1n) is 6.78. The predicted octanol–water partition coefficient (Wildman–Crippen LogP) is 3.51. The molecule has 2 aromatic heterocycles. The van der Waals surface area contributed by atoms with Crippen LogP contribution in [0.15, 0.2) is 24.3 Å². The fourth-order valence-electron chi connectivity index (χ4n) is 2.25. The summed E-state index contributed by atoms with van der Waals surface area (Å²) in [6, 6.07) is 6.87. The van der Waals surface area contributed by atoms with Crippen LogP contribution in [0.25, 0.3) is 10.2 Å². The number of ether oxygens (including phenoxy) is 1. The number of primary amides is 1. The second-order valence-corrected chi connectivity index (χ2v) is 6.21. The first-order valence-corrected chi connectivity index (χ1v) is 7.60. The maximum absolute atomic E-state index is 11.5. The molecular formula is C16H15N3O2S. The number of hydrogen-bond acceptors (Lipinski definition) is 5. The molecule has 0 bridgehead atoms. The van der Waals surface area contributed by atoms with E-state index in [1.54, 1.807) is 35.6 Å². The van der Waals surface area contributed by atoms with Crippen molar-refractivity contribution in [3.8, 4) is 11.6 Å². The molecule has 5 nitrogen and oxygen atoms in total. The molecule has 0 aliphatic rings. The summed E-state index contributed by atoms with van der Waals surface area (Å²) in [6.07, 6.45) is 0. The summed E-state index contributed by atoms with van der Waals surface area (Å²) in [7, 11) is 0. The van der Waals surface area contributed by atoms with Crippen molar-refractivity contribution in [1.29, 1.82) is 0 Å². The molecule has 0 spiro atoms. The number of carbonyl (C=O) groups is 1. The average Bonchev–Trinajstić information content (AvgIpc) is 2.74. The van der Waals surface area contributed by atoms with Crippen molar-refractivity contribution < 1.29 is 9.53 Å². The molecule has 1 aromatic carbocycles. The zero-order valence-electron chi connectivity index (χ0n) is 12.5. The SMILES string of the molecule is Cc1nc(Oc2ccccc2C(N)=O)c2c(C)c(C)sc2n1. The Morgan fingerprint density at radius 2 is 1.91 bits per heavy atom. The van der Waals surface area contributed by atoms with Crippen molar-refractivity contribution in [2.45, 2.75) is 20.8 Å². The number of carbonyl (C=O) groups excluding carboxylic acids is 1. The Hall–Kier alpha value is -2.47. The number of nitrogens with zero attached hydrogens (tertiary/aromatic N) is 2. The van der Waals surface area contributed by atoms with Crippen LogP contribution in [0.2, 0.25) is 0 Å². The van der Waals surface area contributed by atoms with Crippen molar-refractivity contribution in [2.75, 3.05) is 0 Å². The molecule has 2 heterocycles. The normalized spacial score (nSPS) is 10.9. The van der Waals surface area contributed by atoms with Gasteiger partial charge in [-0.1, -0.05) is 12.1 Å². The summed E-state index contributed by atoms with van der Waals surface area (Å²) >= 11 is 1.61. The van der Waals surface area contributed by atoms with Crippen LogP contribution < -0.4 is 10.5 Å². The minimum Gasteiger partial charge on any atom is -0.437 e. The highest BCUT2D eigenvalue weighted by atomic mass is 32.1. The Labute approximate surface area is 131 Å². The van der Waals surface area contributed by atoms with Crippen LogP contribution in [0.3, 0.4) is 0 Å². The third-order valence-corrected chi connectivity index (χ3v) is 4.57. The van der Waals surface area contributed by atoms with Gasteiger partial charge >= 0.3 is 0 Å². The monoisotopic (exact) mass is 313 g/mol. The Morgan fingerprint density at radius 1 is 1.18 bits per heavy atom. The lowest BCUT2D eigenvalue weighted by atomic mass is 10.2. The molecule has 0 fully saturated rings. The van der Waals surface area contributed by atoms with Crippen molar-refractivity contribution in [3.05, 3.63) is 46.1 Å². The van der Waals surface area contributed by atoms with Gasteiger partial charge in [0, 0.05) is 4.88 Å². The van der Waals surface area contributed by atoms with Gasteiger partial charge in [-0.15, -0.1) is 11.3 Å². The predicted molar refractivity (Wildman–Crippen MR) is 86.7 cm³/mol. The molecule has 1 amide bonds. The molecule has 0 saturated heterocycles. The van der Waals surface area contributed by atoms with E-state index in [9.17, 15) is 4.79 Å². The molecule has 0 radical (unpaired) electrons. The van der Waals surface area contributed by atoms with Gasteiger partial charge in [-0.05, 0) is 38.5 Å². The van der Waals surface area contributed by atoms with Crippen molar-refractivity contribution in [3.63, 3.8) is 0 Å². The van der Waals surface area contributed by atoms with Crippen LogP contribution in [0.4, 0.5) is 0 Å². The second kappa shape index (κ2) is 5.38. The van der Waals surface area contributed by atoms with Gasteiger partial charge in [-0.3, -0.25) is 4.79 Å². The van der Waals surface area contributed by atoms with Gasteiger partial charge in [0.25, 0.3) is 5.91 Å². The largest absolute Gasteiger partial charge is 0.437 e. The maximum Gasteiger partial charge on any atom is 0.252 e. The van der Waals surface area contributed by atoms with Crippen molar-refractivity contribution in [2.24, 2.45) is 5.73 Å². The molecule has 2 N–H and O–H groups in total. The summed E-state index contributed by atoms with van der Waals surface area (Å²) in [5.74, 6) is 0.951. The maximum atomic E-state index is 11.5. The molecule has 0 atom stereocenters. The smallest absolute Gasteiger partial charge is 0.252 e. The number of aryl methyl sites for hydroxylation is 3. The summed E-state index contributed by atoms with van der Waals surface area (Å²) in [6.45, 7) is 5.87. The van der Waals surface area contributed by atoms with Gasteiger partial charge in [0.15, 0.2) is 0 Å². The quantitative estimate of drug-likeness (QED) is 0.802. The lowest BCUT2D eigenvalue weighted by Crippen LogP contribution is -2.12. The van der Waals surface area contributed by atoms with Gasteiger partial charge in [-0.25, -0.2) is 4.98 Å². The van der Waals surface area contributed by atoms with Crippen LogP contribution in [-0.2, 0) is 0 Å². The van der Waals surface area contributed by atoms with Crippen molar-refractivity contribution >= 4 is 27.5 Å². The van der Waals surface area contributed by atoms with Gasteiger partial charge in [0.1, 0.15) is 16.4 Å². The molecule has 0 saturated carbocycles. The van der Waals surface area contributed by atoms with Gasteiger partial charge < -0.3 is 10.5 Å². The van der Waals surface area contributed by atoms with E-state index in [2.05, 4.69) is 9.97 Å². The highest BCUT2D eigenvalue weighted by Gasteiger charge is 2.17. The summed E-state index contributed by atoms with van der Waals surface area (Å²) in [5.41, 5.74) is 6.81. The van der Waals surface area contributed by atoms with Crippen LogP contribution in [0, 0.1) is 20.8 Å². The fourth-order valence-corrected chi connectivity index (χ4v) is 3.32. The van der Waals surface area contributed by atoms with E-state index in [0.717, 1.165) is 15.8 Å². The molecule has 22 heavy (non-hydrogen) atoms. The third-order valence-electron chi connectivity index (χ3n) is 3.47. The van der Waals surface area contributed by atoms with E-state index in [4.69, 9.17) is 10.5 Å². The Kier molecular flexibility index (Phi) is 3.54. The zero-order valence-corrected chi connectivity index (χ0v) is 13.3. The lowest BCUT2D eigenvalue weighted by molar-refractivity contribution is 0.0998. The topological polar surface area (TPSA) is 78.1 Å². The Balaban J connectivity index is 2.18. The van der Waals surface area contributed by atoms with E-state index in [-0.39, 0.29) is 0 Å². The molecular weight excluding hydrogens is 298 g/mol. The second-order valence-electron chi connectivity index (χ2n) is 5.00. The minimum atomic E-state index is -0.532. The van der Waals surface area contributed by atoms with Gasteiger partial charge in [0.05, 0.1) is 10.9 Å². The number of rotatable bonds is 3. The molecule has 0 aliphatic heterocycles. The highest BCUT2D eigenvalue weighted by molar-refractivity contribution is 7.18. The summed E-state index contributed by atoms with van der Waals surface area (Å²) < 4.78 is 5.91. The van der Waals surface area contributed by atoms with Gasteiger partial charge in [0.2, 0.25) is 5.88 Å². The van der Waals surface area contributed by atoms with Crippen molar-refractivity contribution in [1.82, 2.24) is 9.97 Å². The average molecular weight is 313 g/mol. The Morgan fingerprint density at radius 3 is 2.64 bits per heavy atom. The van der Waals surface area contributed by atoms with Crippen LogP contribution in [-0.4, -0.2) is 15.9 Å². The highest BCUT2D eigenvalue weighted by Crippen LogP contribution is 2.36. The summed E-state index contributed by atoms with van der Waals surface area (Å²) in [5, 5.41) is 0.882. The number of fused-ring (bicyclic) bond motifs is 1. The molecule has 0 unspecified atom stereocenters. The number of hydrogen-bond donors (Lipinski definition) is 1. The van der Waals surface area contributed by atoms with Gasteiger partial charge in [-0.2, -0.15) is 4.98 Å². The number of nitrogens with two attached hydrogens (primary N) is 1. The fraction of sp³-hybridized carbons (Fsp3) is 0.188. The number of aromatic nitrogens is 2. The first-order chi connectivity index (χ1) is 10.5. The van der Waals surface area contributed by atoms with E-state index >= 15 is 0 Å².